The predicted molar refractivity (Wildman–Crippen MR) is 67.7 cm³/mol. The molecule has 0 radical (unpaired) electrons. The fourth-order valence-electron chi connectivity index (χ4n) is 3.20. The smallest absolute Gasteiger partial charge is 0.139 e. The first-order chi connectivity index (χ1) is 7.81. The van der Waals surface area contributed by atoms with Gasteiger partial charge < -0.3 is 0 Å². The number of ketones is 1. The van der Waals surface area contributed by atoms with Crippen LogP contribution in [0.1, 0.15) is 58.8 Å². The Kier molecular flexibility index (Phi) is 3.02. The summed E-state index contributed by atoms with van der Waals surface area (Å²) in [5.74, 6) is 0.407. The fourth-order valence-corrected chi connectivity index (χ4v) is 3.96. The van der Waals surface area contributed by atoms with Gasteiger partial charge >= 0.3 is 0 Å². The van der Waals surface area contributed by atoms with Crippen LogP contribution in [0.15, 0.2) is 0 Å². The van der Waals surface area contributed by atoms with Gasteiger partial charge in [0.15, 0.2) is 0 Å². The summed E-state index contributed by atoms with van der Waals surface area (Å²) in [5, 5.41) is 8.59. The maximum Gasteiger partial charge on any atom is 0.139 e. The Hall–Kier alpha value is -0.550. The van der Waals surface area contributed by atoms with Gasteiger partial charge in [-0.25, -0.2) is 0 Å². The zero-order valence-corrected chi connectivity index (χ0v) is 11.4. The van der Waals surface area contributed by atoms with Gasteiger partial charge in [-0.2, -0.15) is 5.26 Å². The molecule has 3 aliphatic carbocycles. The van der Waals surface area contributed by atoms with E-state index in [1.807, 2.05) is 0 Å². The summed E-state index contributed by atoms with van der Waals surface area (Å²) in [6.45, 7) is 4.28. The highest BCUT2D eigenvalue weighted by Gasteiger charge is 2.70. The van der Waals surface area contributed by atoms with E-state index in [1.165, 1.54) is 0 Å². The van der Waals surface area contributed by atoms with Crippen molar-refractivity contribution < 1.29 is 4.79 Å². The molecule has 2 nitrogen and oxygen atoms in total. The van der Waals surface area contributed by atoms with Crippen LogP contribution in [-0.4, -0.2) is 10.7 Å². The lowest BCUT2D eigenvalue weighted by molar-refractivity contribution is -0.156. The molecule has 3 saturated carbocycles. The Morgan fingerprint density at radius 2 is 1.94 bits per heavy atom. The molecule has 94 valence electrons. The Balaban J connectivity index is 1.76. The topological polar surface area (TPSA) is 40.9 Å². The van der Waals surface area contributed by atoms with Crippen molar-refractivity contribution in [1.82, 2.24) is 0 Å². The molecule has 3 aliphatic rings. The summed E-state index contributed by atoms with van der Waals surface area (Å²) in [5.41, 5.74) is 0.0701. The lowest BCUT2D eigenvalue weighted by atomic mass is 9.42. The van der Waals surface area contributed by atoms with Crippen LogP contribution in [-0.2, 0) is 4.79 Å². The zero-order valence-electron chi connectivity index (χ0n) is 10.7. The first-order valence-electron chi connectivity index (χ1n) is 6.40. The van der Waals surface area contributed by atoms with E-state index in [9.17, 15) is 4.79 Å². The van der Waals surface area contributed by atoms with Crippen molar-refractivity contribution in [2.24, 2.45) is 10.8 Å². The average molecular weight is 254 g/mol. The zero-order chi connectivity index (χ0) is 12.7. The van der Waals surface area contributed by atoms with Crippen LogP contribution in [0.5, 0.6) is 0 Å². The van der Waals surface area contributed by atoms with Crippen molar-refractivity contribution in [3.63, 3.8) is 0 Å². The number of nitrogens with zero attached hydrogens (tertiary/aromatic N) is 1. The van der Waals surface area contributed by atoms with Crippen molar-refractivity contribution in [3.05, 3.63) is 0 Å². The Morgan fingerprint density at radius 3 is 2.41 bits per heavy atom. The largest absolute Gasteiger partial charge is 0.299 e. The molecular weight excluding hydrogens is 234 g/mol. The second kappa shape index (κ2) is 3.99. The lowest BCUT2D eigenvalue weighted by Gasteiger charge is -2.66. The number of hydrogen-bond donors (Lipinski definition) is 0. The minimum Gasteiger partial charge on any atom is -0.299 e. The molecule has 0 aromatic carbocycles. The first-order valence-corrected chi connectivity index (χ1v) is 6.78. The number of carbonyl (C=O) groups is 1. The molecule has 3 fully saturated rings. The first kappa shape index (κ1) is 12.9. The maximum atomic E-state index is 12.1. The summed E-state index contributed by atoms with van der Waals surface area (Å²) >= 11 is 6.17. The monoisotopic (exact) mass is 253 g/mol. The lowest BCUT2D eigenvalue weighted by Crippen LogP contribution is -2.67. The molecule has 2 bridgehead atoms. The van der Waals surface area contributed by atoms with Crippen molar-refractivity contribution in [2.75, 3.05) is 0 Å². The summed E-state index contributed by atoms with van der Waals surface area (Å²) in [7, 11) is 0. The molecule has 0 amide bonds. The van der Waals surface area contributed by atoms with Crippen LogP contribution in [0.2, 0.25) is 0 Å². The standard InChI is InChI=1S/C14H20ClNO/c1-12(2,5-3-7-16)6-4-11(17)13-8-14(15,9-13)10-13/h3-6,8-10H2,1-2H3. The van der Waals surface area contributed by atoms with Gasteiger partial charge in [0.2, 0.25) is 0 Å². The normalized spacial score (nSPS) is 34.5. The van der Waals surface area contributed by atoms with Crippen LogP contribution in [0.4, 0.5) is 0 Å². The molecule has 0 atom stereocenters. The number of rotatable bonds is 6. The van der Waals surface area contributed by atoms with E-state index in [-0.39, 0.29) is 15.7 Å². The Bertz CT molecular complexity index is 360. The number of halogens is 1. The van der Waals surface area contributed by atoms with Gasteiger partial charge in [0.1, 0.15) is 5.78 Å². The van der Waals surface area contributed by atoms with Gasteiger partial charge in [0.25, 0.3) is 0 Å². The van der Waals surface area contributed by atoms with Gasteiger partial charge in [0.05, 0.1) is 6.07 Å². The van der Waals surface area contributed by atoms with E-state index < -0.39 is 0 Å². The minimum atomic E-state index is -0.0347. The van der Waals surface area contributed by atoms with Crippen LogP contribution in [0.25, 0.3) is 0 Å². The van der Waals surface area contributed by atoms with Gasteiger partial charge in [-0.1, -0.05) is 13.8 Å². The summed E-state index contributed by atoms with van der Waals surface area (Å²) in [6, 6.07) is 2.17. The molecule has 0 aliphatic heterocycles. The Morgan fingerprint density at radius 1 is 1.35 bits per heavy atom. The second-order valence-corrected chi connectivity index (χ2v) is 7.51. The van der Waals surface area contributed by atoms with Gasteiger partial charge in [0, 0.05) is 23.1 Å². The minimum absolute atomic E-state index is 0.00795. The highest BCUT2D eigenvalue weighted by atomic mass is 35.5. The number of nitriles is 1. The predicted octanol–water partition coefficient (Wildman–Crippen LogP) is 3.83. The van der Waals surface area contributed by atoms with Crippen LogP contribution >= 0.6 is 11.6 Å². The van der Waals surface area contributed by atoms with E-state index in [2.05, 4.69) is 19.9 Å². The Labute approximate surface area is 108 Å². The molecule has 17 heavy (non-hydrogen) atoms. The summed E-state index contributed by atoms with van der Waals surface area (Å²) in [4.78, 5) is 12.1. The van der Waals surface area contributed by atoms with Crippen LogP contribution in [0, 0.1) is 22.2 Å². The number of hydrogen-bond acceptors (Lipinski definition) is 2. The number of Topliss-reactive ketones (excluding diaryl/α,β-unsaturated/α-hetero) is 1. The molecule has 0 aromatic heterocycles. The fraction of sp³-hybridized carbons (Fsp3) is 0.857. The highest BCUT2D eigenvalue weighted by Crippen LogP contribution is 2.71. The van der Waals surface area contributed by atoms with Crippen molar-refractivity contribution in [2.45, 2.75) is 63.7 Å². The second-order valence-electron chi connectivity index (χ2n) is 6.71. The molecule has 0 N–H and O–H groups in total. The molecule has 0 heterocycles. The molecule has 3 rings (SSSR count). The van der Waals surface area contributed by atoms with E-state index in [0.717, 1.165) is 32.1 Å². The molecular formula is C14H20ClNO. The third kappa shape index (κ3) is 2.36. The van der Waals surface area contributed by atoms with E-state index >= 15 is 0 Å². The van der Waals surface area contributed by atoms with E-state index in [4.69, 9.17) is 16.9 Å². The van der Waals surface area contributed by atoms with Crippen molar-refractivity contribution >= 4 is 17.4 Å². The number of alkyl halides is 1. The molecule has 0 aromatic rings. The van der Waals surface area contributed by atoms with Crippen molar-refractivity contribution in [3.8, 4) is 6.07 Å². The van der Waals surface area contributed by atoms with Crippen LogP contribution < -0.4 is 0 Å². The highest BCUT2D eigenvalue weighted by molar-refractivity contribution is 6.27. The molecule has 3 heteroatoms. The average Bonchev–Trinajstić information content (AvgIpc) is 2.17. The maximum absolute atomic E-state index is 12.1. The third-order valence-corrected chi connectivity index (χ3v) is 4.90. The van der Waals surface area contributed by atoms with Gasteiger partial charge in [-0.15, -0.1) is 11.6 Å². The van der Waals surface area contributed by atoms with Gasteiger partial charge in [-0.05, 0) is 37.5 Å². The summed E-state index contributed by atoms with van der Waals surface area (Å²) < 4.78 is 0. The van der Waals surface area contributed by atoms with E-state index in [1.54, 1.807) is 0 Å². The van der Waals surface area contributed by atoms with E-state index in [0.29, 0.717) is 18.6 Å². The molecule has 0 saturated heterocycles. The third-order valence-electron chi connectivity index (χ3n) is 4.50. The quantitative estimate of drug-likeness (QED) is 0.675. The van der Waals surface area contributed by atoms with Crippen LogP contribution in [0.3, 0.4) is 0 Å². The molecule has 0 unspecified atom stereocenters. The van der Waals surface area contributed by atoms with Gasteiger partial charge in [-0.3, -0.25) is 4.79 Å². The van der Waals surface area contributed by atoms with Crippen molar-refractivity contribution in [1.29, 1.82) is 5.26 Å². The number of carbonyl (C=O) groups excluding carboxylic acids is 1. The SMILES string of the molecule is CC(C)(CCC#N)CCC(=O)C12CC(Cl)(C1)C2. The summed E-state index contributed by atoms with van der Waals surface area (Å²) in [6.07, 6.45) is 5.72. The molecule has 0 spiro atoms.